The van der Waals surface area contributed by atoms with Crippen LogP contribution in [0, 0.1) is 17.6 Å². The molecule has 6 heteroatoms. The molecule has 0 N–H and O–H groups in total. The summed E-state index contributed by atoms with van der Waals surface area (Å²) in [5.41, 5.74) is 0.736. The van der Waals surface area contributed by atoms with Gasteiger partial charge in [-0.05, 0) is 55.3 Å². The van der Waals surface area contributed by atoms with Crippen molar-refractivity contribution < 1.29 is 23.1 Å². The van der Waals surface area contributed by atoms with Gasteiger partial charge >= 0.3 is 0 Å². The maximum Gasteiger partial charge on any atom is 0.253 e. The first-order valence-electron chi connectivity index (χ1n) is 8.42. The molecular weight excluding hydrogens is 340 g/mol. The third kappa shape index (κ3) is 3.74. The first kappa shape index (κ1) is 18.0. The fourth-order valence-electron chi connectivity index (χ4n) is 3.15. The maximum absolute atomic E-state index is 13.3. The van der Waals surface area contributed by atoms with E-state index in [0.717, 1.165) is 12.1 Å². The van der Waals surface area contributed by atoms with Crippen molar-refractivity contribution >= 4 is 11.7 Å². The maximum atomic E-state index is 13.3. The van der Waals surface area contributed by atoms with E-state index >= 15 is 0 Å². The van der Waals surface area contributed by atoms with Gasteiger partial charge in [-0.25, -0.2) is 8.78 Å². The molecule has 0 atom stereocenters. The molecule has 0 aromatic heterocycles. The normalized spacial score (nSPS) is 15.0. The fourth-order valence-corrected chi connectivity index (χ4v) is 3.15. The molecule has 2 aromatic carbocycles. The zero-order valence-corrected chi connectivity index (χ0v) is 14.4. The molecule has 1 saturated heterocycles. The molecule has 0 aliphatic carbocycles. The zero-order valence-electron chi connectivity index (χ0n) is 14.4. The Bertz CT molecular complexity index is 812. The van der Waals surface area contributed by atoms with Crippen LogP contribution in [0.4, 0.5) is 8.78 Å². The third-order valence-corrected chi connectivity index (χ3v) is 4.69. The molecule has 1 aliphatic heterocycles. The highest BCUT2D eigenvalue weighted by Crippen LogP contribution is 2.24. The number of carbonyl (C=O) groups is 2. The molecule has 0 radical (unpaired) electrons. The second kappa shape index (κ2) is 7.64. The number of methoxy groups -OCH3 is 1. The highest BCUT2D eigenvalue weighted by atomic mass is 19.2. The highest BCUT2D eigenvalue weighted by Gasteiger charge is 2.28. The van der Waals surface area contributed by atoms with E-state index in [-0.39, 0.29) is 23.2 Å². The van der Waals surface area contributed by atoms with Gasteiger partial charge in [-0.3, -0.25) is 9.59 Å². The van der Waals surface area contributed by atoms with E-state index in [0.29, 0.717) is 37.2 Å². The second-order valence-corrected chi connectivity index (χ2v) is 6.29. The van der Waals surface area contributed by atoms with E-state index in [1.165, 1.54) is 6.07 Å². The largest absolute Gasteiger partial charge is 0.497 e. The molecule has 1 fully saturated rings. The minimum absolute atomic E-state index is 0.0487. The number of piperidine rings is 1. The summed E-state index contributed by atoms with van der Waals surface area (Å²) in [5.74, 6) is -1.79. The smallest absolute Gasteiger partial charge is 0.253 e. The molecule has 1 amide bonds. The van der Waals surface area contributed by atoms with E-state index in [1.807, 2.05) is 0 Å². The number of carbonyl (C=O) groups excluding carboxylic acids is 2. The van der Waals surface area contributed by atoms with Gasteiger partial charge in [0.1, 0.15) is 5.75 Å². The lowest BCUT2D eigenvalue weighted by Crippen LogP contribution is -2.40. The number of halogens is 2. The molecule has 136 valence electrons. The van der Waals surface area contributed by atoms with Crippen molar-refractivity contribution in [2.24, 2.45) is 5.92 Å². The SMILES string of the molecule is COc1ccc(C(=O)C2CCN(C(=O)c3ccc(F)c(F)c3)CC2)cc1. The van der Waals surface area contributed by atoms with E-state index in [9.17, 15) is 18.4 Å². The van der Waals surface area contributed by atoms with Gasteiger partial charge < -0.3 is 9.64 Å². The van der Waals surface area contributed by atoms with Crippen molar-refractivity contribution in [2.75, 3.05) is 20.2 Å². The van der Waals surface area contributed by atoms with Gasteiger partial charge in [-0.1, -0.05) is 0 Å². The van der Waals surface area contributed by atoms with E-state index in [2.05, 4.69) is 0 Å². The molecule has 4 nitrogen and oxygen atoms in total. The minimum atomic E-state index is -1.04. The van der Waals surface area contributed by atoms with Crippen LogP contribution in [0.2, 0.25) is 0 Å². The van der Waals surface area contributed by atoms with Gasteiger partial charge in [0.15, 0.2) is 17.4 Å². The average molecular weight is 359 g/mol. The van der Waals surface area contributed by atoms with Crippen LogP contribution in [0.25, 0.3) is 0 Å². The molecule has 0 bridgehead atoms. The molecule has 0 spiro atoms. The predicted molar refractivity (Wildman–Crippen MR) is 92.3 cm³/mol. The number of ketones is 1. The topological polar surface area (TPSA) is 46.6 Å². The summed E-state index contributed by atoms with van der Waals surface area (Å²) in [6.07, 6.45) is 1.08. The molecule has 0 saturated carbocycles. The highest BCUT2D eigenvalue weighted by molar-refractivity contribution is 5.98. The Kier molecular flexibility index (Phi) is 5.30. The van der Waals surface area contributed by atoms with Crippen molar-refractivity contribution in [2.45, 2.75) is 12.8 Å². The number of benzene rings is 2. The van der Waals surface area contributed by atoms with E-state index in [1.54, 1.807) is 36.3 Å². The number of hydrogen-bond acceptors (Lipinski definition) is 3. The number of ether oxygens (including phenoxy) is 1. The Hall–Kier alpha value is -2.76. The van der Waals surface area contributed by atoms with Crippen molar-refractivity contribution in [1.82, 2.24) is 4.90 Å². The molecule has 2 aromatic rings. The summed E-state index contributed by atoms with van der Waals surface area (Å²) in [7, 11) is 1.57. The van der Waals surface area contributed by atoms with Gasteiger partial charge in [-0.15, -0.1) is 0 Å². The quantitative estimate of drug-likeness (QED) is 0.782. The summed E-state index contributed by atoms with van der Waals surface area (Å²) in [5, 5.41) is 0. The number of nitrogens with zero attached hydrogens (tertiary/aromatic N) is 1. The van der Waals surface area contributed by atoms with Crippen molar-refractivity contribution in [1.29, 1.82) is 0 Å². The van der Waals surface area contributed by atoms with Crippen LogP contribution in [0.15, 0.2) is 42.5 Å². The van der Waals surface area contributed by atoms with Crippen LogP contribution in [0.3, 0.4) is 0 Å². The number of hydrogen-bond donors (Lipinski definition) is 0. The summed E-state index contributed by atoms with van der Waals surface area (Å²) < 4.78 is 31.4. The van der Waals surface area contributed by atoms with Crippen molar-refractivity contribution in [3.63, 3.8) is 0 Å². The van der Waals surface area contributed by atoms with Crippen molar-refractivity contribution in [3.8, 4) is 5.75 Å². The lowest BCUT2D eigenvalue weighted by atomic mass is 9.88. The van der Waals surface area contributed by atoms with Crippen LogP contribution >= 0.6 is 0 Å². The summed E-state index contributed by atoms with van der Waals surface area (Å²) >= 11 is 0. The molecular formula is C20H19F2NO3. The van der Waals surface area contributed by atoms with Gasteiger partial charge in [0.25, 0.3) is 5.91 Å². The molecule has 26 heavy (non-hydrogen) atoms. The summed E-state index contributed by atoms with van der Waals surface area (Å²) in [4.78, 5) is 26.6. The first-order valence-corrected chi connectivity index (χ1v) is 8.42. The Morgan fingerprint density at radius 2 is 1.58 bits per heavy atom. The minimum Gasteiger partial charge on any atom is -0.497 e. The molecule has 0 unspecified atom stereocenters. The number of likely N-dealkylation sites (tertiary alicyclic amines) is 1. The number of rotatable bonds is 4. The summed E-state index contributed by atoms with van der Waals surface area (Å²) in [6.45, 7) is 0.814. The lowest BCUT2D eigenvalue weighted by molar-refractivity contribution is 0.0650. The molecule has 1 heterocycles. The van der Waals surface area contributed by atoms with Gasteiger partial charge in [0.05, 0.1) is 7.11 Å². The third-order valence-electron chi connectivity index (χ3n) is 4.69. The Morgan fingerprint density at radius 3 is 2.15 bits per heavy atom. The van der Waals surface area contributed by atoms with Gasteiger partial charge in [0, 0.05) is 30.1 Å². The van der Waals surface area contributed by atoms with Crippen LogP contribution in [0.1, 0.15) is 33.6 Å². The lowest BCUT2D eigenvalue weighted by Gasteiger charge is -2.31. The van der Waals surface area contributed by atoms with Crippen LogP contribution < -0.4 is 4.74 Å². The molecule has 1 aliphatic rings. The second-order valence-electron chi connectivity index (χ2n) is 6.29. The van der Waals surface area contributed by atoms with E-state index < -0.39 is 11.6 Å². The van der Waals surface area contributed by atoms with Crippen LogP contribution in [-0.2, 0) is 0 Å². The Morgan fingerprint density at radius 1 is 0.962 bits per heavy atom. The molecule has 3 rings (SSSR count). The van der Waals surface area contributed by atoms with Crippen LogP contribution in [-0.4, -0.2) is 36.8 Å². The fraction of sp³-hybridized carbons (Fsp3) is 0.300. The Labute approximate surface area is 150 Å². The zero-order chi connectivity index (χ0) is 18.7. The van der Waals surface area contributed by atoms with Crippen molar-refractivity contribution in [3.05, 3.63) is 65.2 Å². The first-order chi connectivity index (χ1) is 12.5. The monoisotopic (exact) mass is 359 g/mol. The van der Waals surface area contributed by atoms with E-state index in [4.69, 9.17) is 4.74 Å². The van der Waals surface area contributed by atoms with Gasteiger partial charge in [-0.2, -0.15) is 0 Å². The standard InChI is InChI=1S/C20H19F2NO3/c1-26-16-5-2-13(3-6-16)19(24)14-8-10-23(11-9-14)20(25)15-4-7-17(21)18(22)12-15/h2-7,12,14H,8-11H2,1H3. The predicted octanol–water partition coefficient (Wildman–Crippen LogP) is 3.71. The Balaban J connectivity index is 1.61. The van der Waals surface area contributed by atoms with Gasteiger partial charge in [0.2, 0.25) is 0 Å². The number of amides is 1. The van der Waals surface area contributed by atoms with Crippen LogP contribution in [0.5, 0.6) is 5.75 Å². The average Bonchev–Trinajstić information content (AvgIpc) is 2.69. The number of Topliss-reactive ketones (excluding diaryl/α,β-unsaturated/α-hetero) is 1. The summed E-state index contributed by atoms with van der Waals surface area (Å²) in [6, 6.07) is 10.1.